The summed E-state index contributed by atoms with van der Waals surface area (Å²) in [5.41, 5.74) is 4.56. The zero-order valence-electron chi connectivity index (χ0n) is 16.4. The van der Waals surface area contributed by atoms with Crippen molar-refractivity contribution >= 4 is 38.8 Å². The van der Waals surface area contributed by atoms with Gasteiger partial charge in [-0.1, -0.05) is 36.4 Å². The summed E-state index contributed by atoms with van der Waals surface area (Å²) in [5.74, 6) is 1.32. The predicted octanol–water partition coefficient (Wildman–Crippen LogP) is 5.23. The van der Waals surface area contributed by atoms with E-state index in [1.54, 1.807) is 13.3 Å². The van der Waals surface area contributed by atoms with Crippen LogP contribution in [0.5, 0.6) is 11.5 Å². The molecular formula is C23H23BrN2O3. The largest absolute Gasteiger partial charge is 0.496 e. The summed E-state index contributed by atoms with van der Waals surface area (Å²) in [6.45, 7) is 2.48. The minimum Gasteiger partial charge on any atom is -0.496 e. The van der Waals surface area contributed by atoms with E-state index in [0.717, 1.165) is 32.1 Å². The molecule has 5 nitrogen and oxygen atoms in total. The molecule has 3 aromatic carbocycles. The lowest BCUT2D eigenvalue weighted by Crippen LogP contribution is -2.18. The maximum atomic E-state index is 12.1. The highest BCUT2D eigenvalue weighted by Crippen LogP contribution is 2.27. The summed E-state index contributed by atoms with van der Waals surface area (Å²) >= 11 is 3.48. The van der Waals surface area contributed by atoms with Crippen molar-refractivity contribution in [3.8, 4) is 11.5 Å². The number of fused-ring (bicyclic) bond motifs is 1. The molecule has 0 aliphatic carbocycles. The Hall–Kier alpha value is -2.86. The van der Waals surface area contributed by atoms with E-state index in [1.807, 2.05) is 61.5 Å². The molecule has 0 aliphatic heterocycles. The Morgan fingerprint density at radius 3 is 2.72 bits per heavy atom. The summed E-state index contributed by atoms with van der Waals surface area (Å²) in [7, 11) is 1.62. The normalized spacial score (nSPS) is 11.0. The van der Waals surface area contributed by atoms with Gasteiger partial charge in [-0.25, -0.2) is 5.43 Å². The van der Waals surface area contributed by atoms with Gasteiger partial charge in [-0.15, -0.1) is 0 Å². The second-order valence-electron chi connectivity index (χ2n) is 6.58. The number of nitrogens with zero attached hydrogens (tertiary/aromatic N) is 1. The Morgan fingerprint density at radius 2 is 1.93 bits per heavy atom. The van der Waals surface area contributed by atoms with E-state index >= 15 is 0 Å². The van der Waals surface area contributed by atoms with Gasteiger partial charge in [-0.2, -0.15) is 5.10 Å². The smallest absolute Gasteiger partial charge is 0.240 e. The van der Waals surface area contributed by atoms with Crippen LogP contribution in [0.2, 0.25) is 0 Å². The number of amides is 1. The molecule has 0 spiro atoms. The number of carbonyl (C=O) groups excluding carboxylic acids is 1. The molecule has 0 aromatic heterocycles. The van der Waals surface area contributed by atoms with Gasteiger partial charge >= 0.3 is 0 Å². The number of aryl methyl sites for hydroxylation is 1. The number of ether oxygens (including phenoxy) is 2. The monoisotopic (exact) mass is 454 g/mol. The number of nitrogens with one attached hydrogen (secondary N) is 1. The molecular weight excluding hydrogens is 432 g/mol. The summed E-state index contributed by atoms with van der Waals surface area (Å²) in [6, 6.07) is 17.8. The number of rotatable bonds is 8. The number of benzene rings is 3. The van der Waals surface area contributed by atoms with Crippen LogP contribution in [0, 0.1) is 6.92 Å². The molecule has 29 heavy (non-hydrogen) atoms. The van der Waals surface area contributed by atoms with Crippen molar-refractivity contribution < 1.29 is 14.3 Å². The number of hydrazone groups is 1. The fourth-order valence-electron chi connectivity index (χ4n) is 2.95. The van der Waals surface area contributed by atoms with E-state index < -0.39 is 0 Å². The minimum atomic E-state index is -0.160. The Kier molecular flexibility index (Phi) is 7.25. The molecule has 6 heteroatoms. The molecule has 3 aromatic rings. The van der Waals surface area contributed by atoms with Crippen LogP contribution in [0.4, 0.5) is 0 Å². The fraction of sp³-hybridized carbons (Fsp3) is 0.217. The minimum absolute atomic E-state index is 0.160. The first-order valence-corrected chi connectivity index (χ1v) is 10.1. The van der Waals surface area contributed by atoms with Crippen LogP contribution in [-0.2, 0) is 4.79 Å². The fourth-order valence-corrected chi connectivity index (χ4v) is 3.56. The molecule has 0 aliphatic rings. The van der Waals surface area contributed by atoms with Crippen LogP contribution < -0.4 is 14.9 Å². The van der Waals surface area contributed by atoms with Crippen LogP contribution in [0.25, 0.3) is 10.8 Å². The van der Waals surface area contributed by atoms with Crippen molar-refractivity contribution in [2.45, 2.75) is 19.8 Å². The maximum Gasteiger partial charge on any atom is 0.240 e. The maximum absolute atomic E-state index is 12.1. The molecule has 1 N–H and O–H groups in total. The van der Waals surface area contributed by atoms with Crippen molar-refractivity contribution in [1.29, 1.82) is 0 Å². The average Bonchev–Trinajstić information content (AvgIpc) is 2.72. The molecule has 0 heterocycles. The van der Waals surface area contributed by atoms with Crippen molar-refractivity contribution in [3.63, 3.8) is 0 Å². The second kappa shape index (κ2) is 10.1. The SMILES string of the molecule is COc1ccc2ccccc2c1/C=N/NC(=O)CCCOc1ccc(C)cc1Br. The predicted molar refractivity (Wildman–Crippen MR) is 120 cm³/mol. The first kappa shape index (κ1) is 20.9. The third-order valence-corrected chi connectivity index (χ3v) is 5.05. The highest BCUT2D eigenvalue weighted by molar-refractivity contribution is 9.10. The van der Waals surface area contributed by atoms with Crippen molar-refractivity contribution in [2.24, 2.45) is 5.10 Å². The standard InChI is InChI=1S/C23H23BrN2O3/c1-16-9-11-22(20(24)14-16)29-13-5-8-23(27)26-25-15-19-18-7-4-3-6-17(18)10-12-21(19)28-2/h3-4,6-7,9-12,14-15H,5,8,13H2,1-2H3,(H,26,27)/b25-15+. The molecule has 1 amide bonds. The van der Waals surface area contributed by atoms with Crippen LogP contribution >= 0.6 is 15.9 Å². The molecule has 0 saturated carbocycles. The third kappa shape index (κ3) is 5.57. The van der Waals surface area contributed by atoms with Gasteiger partial charge in [-0.05, 0) is 63.8 Å². The van der Waals surface area contributed by atoms with Gasteiger partial charge in [-0.3, -0.25) is 4.79 Å². The van der Waals surface area contributed by atoms with Crippen molar-refractivity contribution in [2.75, 3.05) is 13.7 Å². The van der Waals surface area contributed by atoms with E-state index in [9.17, 15) is 4.79 Å². The lowest BCUT2D eigenvalue weighted by atomic mass is 10.0. The van der Waals surface area contributed by atoms with Gasteiger partial charge in [0, 0.05) is 12.0 Å². The second-order valence-corrected chi connectivity index (χ2v) is 7.44. The van der Waals surface area contributed by atoms with Gasteiger partial charge in [0.15, 0.2) is 0 Å². The molecule has 150 valence electrons. The van der Waals surface area contributed by atoms with Gasteiger partial charge in [0.1, 0.15) is 11.5 Å². The Labute approximate surface area is 178 Å². The van der Waals surface area contributed by atoms with Crippen LogP contribution in [0.3, 0.4) is 0 Å². The third-order valence-electron chi connectivity index (χ3n) is 4.43. The number of halogens is 1. The van der Waals surface area contributed by atoms with Crippen molar-refractivity contribution in [1.82, 2.24) is 5.43 Å². The van der Waals surface area contributed by atoms with Crippen LogP contribution in [0.1, 0.15) is 24.0 Å². The molecule has 3 rings (SSSR count). The molecule has 0 radical (unpaired) electrons. The topological polar surface area (TPSA) is 59.9 Å². The Morgan fingerprint density at radius 1 is 1.14 bits per heavy atom. The number of hydrogen-bond donors (Lipinski definition) is 1. The summed E-state index contributed by atoms with van der Waals surface area (Å²) in [5, 5.41) is 6.21. The quantitative estimate of drug-likeness (QED) is 0.288. The first-order chi connectivity index (χ1) is 14.1. The number of hydrogen-bond acceptors (Lipinski definition) is 4. The van der Waals surface area contributed by atoms with E-state index in [-0.39, 0.29) is 5.91 Å². The number of methoxy groups -OCH3 is 1. The van der Waals surface area contributed by atoms with Crippen LogP contribution in [-0.4, -0.2) is 25.8 Å². The first-order valence-electron chi connectivity index (χ1n) is 9.35. The van der Waals surface area contributed by atoms with Crippen molar-refractivity contribution in [3.05, 3.63) is 70.2 Å². The van der Waals surface area contributed by atoms with Gasteiger partial charge in [0.25, 0.3) is 0 Å². The zero-order chi connectivity index (χ0) is 20.6. The lowest BCUT2D eigenvalue weighted by Gasteiger charge is -2.09. The van der Waals surface area contributed by atoms with E-state index in [1.165, 1.54) is 0 Å². The molecule has 0 fully saturated rings. The summed E-state index contributed by atoms with van der Waals surface area (Å²) in [4.78, 5) is 12.1. The lowest BCUT2D eigenvalue weighted by molar-refractivity contribution is -0.121. The summed E-state index contributed by atoms with van der Waals surface area (Å²) in [6.07, 6.45) is 2.55. The highest BCUT2D eigenvalue weighted by Gasteiger charge is 2.07. The molecule has 0 bridgehead atoms. The average molecular weight is 455 g/mol. The summed E-state index contributed by atoms with van der Waals surface area (Å²) < 4.78 is 12.1. The Bertz CT molecular complexity index is 1030. The van der Waals surface area contributed by atoms with Crippen LogP contribution in [0.15, 0.2) is 64.2 Å². The molecule has 0 unspecified atom stereocenters. The van der Waals surface area contributed by atoms with E-state index in [0.29, 0.717) is 25.2 Å². The van der Waals surface area contributed by atoms with Gasteiger partial charge in [0.05, 0.1) is 24.4 Å². The van der Waals surface area contributed by atoms with Gasteiger partial charge < -0.3 is 9.47 Å². The van der Waals surface area contributed by atoms with E-state index in [2.05, 4.69) is 26.5 Å². The Balaban J connectivity index is 1.52. The number of carbonyl (C=O) groups is 1. The zero-order valence-corrected chi connectivity index (χ0v) is 18.0. The highest BCUT2D eigenvalue weighted by atomic mass is 79.9. The van der Waals surface area contributed by atoms with Gasteiger partial charge in [0.2, 0.25) is 5.91 Å². The molecule has 0 saturated heterocycles. The van der Waals surface area contributed by atoms with E-state index in [4.69, 9.17) is 9.47 Å². The molecule has 0 atom stereocenters.